The molecule has 0 aliphatic carbocycles. The Morgan fingerprint density at radius 2 is 2.21 bits per heavy atom. The van der Waals surface area contributed by atoms with Crippen molar-refractivity contribution in [1.82, 2.24) is 10.2 Å². The maximum atomic E-state index is 12.9. The fourth-order valence-corrected chi connectivity index (χ4v) is 3.49. The number of hydrogen-bond donors (Lipinski definition) is 1. The number of rotatable bonds is 7. The quantitative estimate of drug-likeness (QED) is 0.529. The lowest BCUT2D eigenvalue weighted by molar-refractivity contribution is -0.384. The maximum absolute atomic E-state index is 12.9. The van der Waals surface area contributed by atoms with Crippen LogP contribution in [-0.2, 0) is 20.9 Å². The zero-order chi connectivity index (χ0) is 21.1. The third-order valence-corrected chi connectivity index (χ3v) is 4.91. The first-order valence-electron chi connectivity index (χ1n) is 8.67. The number of non-ortho nitro benzene ring substituents is 1. The van der Waals surface area contributed by atoms with Crippen LogP contribution in [-0.4, -0.2) is 46.7 Å². The van der Waals surface area contributed by atoms with Crippen molar-refractivity contribution in [1.29, 1.82) is 0 Å². The van der Waals surface area contributed by atoms with Crippen molar-refractivity contribution in [3.63, 3.8) is 0 Å². The summed E-state index contributed by atoms with van der Waals surface area (Å²) in [7, 11) is 1.52. The second-order valence-electron chi connectivity index (χ2n) is 6.60. The summed E-state index contributed by atoms with van der Waals surface area (Å²) in [5.74, 6) is -0.808. The lowest BCUT2D eigenvalue weighted by Gasteiger charge is -2.35. The van der Waals surface area contributed by atoms with Crippen LogP contribution < -0.4 is 15.0 Å². The molecule has 0 saturated carbocycles. The van der Waals surface area contributed by atoms with Crippen LogP contribution in [0.25, 0.3) is 0 Å². The van der Waals surface area contributed by atoms with Crippen LogP contribution in [0.2, 0.25) is 0 Å². The number of aromatic nitrogens is 2. The summed E-state index contributed by atoms with van der Waals surface area (Å²) < 4.78 is 10.7. The van der Waals surface area contributed by atoms with Crippen LogP contribution in [0.1, 0.15) is 18.9 Å². The molecule has 0 fully saturated rings. The van der Waals surface area contributed by atoms with Crippen LogP contribution >= 0.6 is 11.3 Å². The molecular weight excluding hydrogens is 402 g/mol. The number of nitro groups is 1. The predicted octanol–water partition coefficient (Wildman–Crippen LogP) is 1.98. The molecule has 1 aliphatic rings. The van der Waals surface area contributed by atoms with Crippen LogP contribution in [0.4, 0.5) is 16.5 Å². The van der Waals surface area contributed by atoms with Crippen molar-refractivity contribution in [3.05, 3.63) is 33.3 Å². The van der Waals surface area contributed by atoms with Crippen LogP contribution in [0.15, 0.2) is 18.2 Å². The zero-order valence-corrected chi connectivity index (χ0v) is 16.8. The molecule has 1 unspecified atom stereocenters. The molecule has 1 atom stereocenters. The van der Waals surface area contributed by atoms with Gasteiger partial charge in [-0.15, -0.1) is 10.2 Å². The minimum absolute atomic E-state index is 0.156. The van der Waals surface area contributed by atoms with Crippen molar-refractivity contribution in [2.45, 2.75) is 26.6 Å². The number of benzene rings is 1. The number of nitro benzene ring substituents is 1. The number of amides is 2. The topological polar surface area (TPSA) is 137 Å². The highest BCUT2D eigenvalue weighted by molar-refractivity contribution is 7.15. The third kappa shape index (κ3) is 4.49. The predicted molar refractivity (Wildman–Crippen MR) is 104 cm³/mol. The molecule has 29 heavy (non-hydrogen) atoms. The third-order valence-electron chi connectivity index (χ3n) is 4.10. The van der Waals surface area contributed by atoms with Gasteiger partial charge < -0.3 is 9.47 Å². The Morgan fingerprint density at radius 1 is 1.45 bits per heavy atom. The molecule has 1 aromatic carbocycles. The molecule has 0 saturated heterocycles. The number of anilines is 2. The Labute approximate surface area is 169 Å². The summed E-state index contributed by atoms with van der Waals surface area (Å²) in [5.41, 5.74) is -0.0320. The van der Waals surface area contributed by atoms with Gasteiger partial charge in [0.15, 0.2) is 6.10 Å². The number of ether oxygens (including phenoxy) is 2. The molecule has 12 heteroatoms. The maximum Gasteiger partial charge on any atom is 0.271 e. The van der Waals surface area contributed by atoms with Gasteiger partial charge in [0.2, 0.25) is 11.0 Å². The van der Waals surface area contributed by atoms with Crippen molar-refractivity contribution >= 4 is 39.7 Å². The molecule has 3 rings (SSSR count). The molecule has 11 nitrogen and oxygen atoms in total. The number of nitrogens with zero attached hydrogens (tertiary/aromatic N) is 4. The van der Waals surface area contributed by atoms with Gasteiger partial charge in [0.1, 0.15) is 23.9 Å². The number of carbonyl (C=O) groups is 2. The normalized spacial score (nSPS) is 15.8. The van der Waals surface area contributed by atoms with E-state index in [0.717, 1.165) is 11.3 Å². The highest BCUT2D eigenvalue weighted by Gasteiger charge is 2.38. The van der Waals surface area contributed by atoms with Gasteiger partial charge in [-0.25, -0.2) is 0 Å². The molecule has 1 aromatic heterocycles. The van der Waals surface area contributed by atoms with E-state index in [4.69, 9.17) is 9.47 Å². The molecular formula is C17H19N5O6S. The van der Waals surface area contributed by atoms with E-state index in [0.29, 0.717) is 10.8 Å². The van der Waals surface area contributed by atoms with Gasteiger partial charge in [-0.2, -0.15) is 0 Å². The summed E-state index contributed by atoms with van der Waals surface area (Å²) in [6.45, 7) is 3.55. The Kier molecular flexibility index (Phi) is 6.03. The monoisotopic (exact) mass is 421 g/mol. The van der Waals surface area contributed by atoms with E-state index < -0.39 is 22.8 Å². The Hall–Kier alpha value is -3.12. The Bertz CT molecular complexity index is 946. The van der Waals surface area contributed by atoms with E-state index in [-0.39, 0.29) is 35.6 Å². The highest BCUT2D eigenvalue weighted by Crippen LogP contribution is 2.38. The average molecular weight is 421 g/mol. The summed E-state index contributed by atoms with van der Waals surface area (Å²) in [4.78, 5) is 37.2. The molecule has 1 N–H and O–H groups in total. The van der Waals surface area contributed by atoms with E-state index >= 15 is 0 Å². The molecule has 2 amide bonds. The fourth-order valence-electron chi connectivity index (χ4n) is 2.76. The van der Waals surface area contributed by atoms with Crippen molar-refractivity contribution in [2.24, 2.45) is 5.92 Å². The van der Waals surface area contributed by atoms with Crippen molar-refractivity contribution in [2.75, 3.05) is 23.9 Å². The summed E-state index contributed by atoms with van der Waals surface area (Å²) in [6, 6.07) is 3.95. The van der Waals surface area contributed by atoms with Gasteiger partial charge in [0, 0.05) is 19.2 Å². The van der Waals surface area contributed by atoms with E-state index in [1.165, 1.54) is 30.2 Å². The minimum Gasteiger partial charge on any atom is -0.478 e. The molecule has 0 spiro atoms. The molecule has 1 aliphatic heterocycles. The average Bonchev–Trinajstić information content (AvgIpc) is 3.10. The van der Waals surface area contributed by atoms with E-state index in [9.17, 15) is 19.7 Å². The molecule has 2 heterocycles. The van der Waals surface area contributed by atoms with Crippen molar-refractivity contribution < 1.29 is 24.0 Å². The summed E-state index contributed by atoms with van der Waals surface area (Å²) in [5, 5.41) is 22.3. The first-order chi connectivity index (χ1) is 13.8. The first kappa shape index (κ1) is 20.6. The first-order valence-corrected chi connectivity index (χ1v) is 9.49. The van der Waals surface area contributed by atoms with E-state index in [1.807, 2.05) is 13.8 Å². The summed E-state index contributed by atoms with van der Waals surface area (Å²) >= 11 is 1.15. The number of methoxy groups -OCH3 is 1. The number of fused-ring (bicyclic) bond motifs is 1. The second kappa shape index (κ2) is 8.49. The largest absolute Gasteiger partial charge is 0.478 e. The smallest absolute Gasteiger partial charge is 0.271 e. The Morgan fingerprint density at radius 3 is 2.86 bits per heavy atom. The standard InChI is InChI=1S/C17H19N5O6S/c1-9(2)15-16(24)21(11-6-10(22(25)26)4-5-12(11)28-15)7-13(23)18-17-20-19-14(29-17)8-27-3/h4-6,9,15H,7-8H2,1-3H3,(H,18,20,23). The van der Waals surface area contributed by atoms with Gasteiger partial charge in [0.25, 0.3) is 11.6 Å². The molecule has 2 aromatic rings. The molecule has 154 valence electrons. The zero-order valence-electron chi connectivity index (χ0n) is 15.9. The fraction of sp³-hybridized carbons (Fsp3) is 0.412. The molecule has 0 bridgehead atoms. The lowest BCUT2D eigenvalue weighted by Crippen LogP contribution is -2.50. The van der Waals surface area contributed by atoms with Gasteiger partial charge in [-0.1, -0.05) is 25.2 Å². The van der Waals surface area contributed by atoms with Crippen LogP contribution in [0, 0.1) is 16.0 Å². The highest BCUT2D eigenvalue weighted by atomic mass is 32.1. The summed E-state index contributed by atoms with van der Waals surface area (Å²) in [6.07, 6.45) is -0.799. The van der Waals surface area contributed by atoms with Crippen molar-refractivity contribution in [3.8, 4) is 5.75 Å². The van der Waals surface area contributed by atoms with Gasteiger partial charge >= 0.3 is 0 Å². The number of nitrogens with one attached hydrogen (secondary N) is 1. The van der Waals surface area contributed by atoms with E-state index in [1.54, 1.807) is 0 Å². The number of carbonyl (C=O) groups excluding carboxylic acids is 2. The molecule has 0 radical (unpaired) electrons. The van der Waals surface area contributed by atoms with Crippen LogP contribution in [0.3, 0.4) is 0 Å². The minimum atomic E-state index is -0.799. The number of hydrogen-bond acceptors (Lipinski definition) is 9. The van der Waals surface area contributed by atoms with Gasteiger partial charge in [-0.05, 0) is 12.0 Å². The SMILES string of the molecule is COCc1nnc(NC(=O)CN2C(=O)C(C(C)C)Oc3ccc([N+](=O)[O-])cc32)s1. The second-order valence-corrected chi connectivity index (χ2v) is 7.66. The Balaban J connectivity index is 1.85. The van der Waals surface area contributed by atoms with Gasteiger partial charge in [-0.3, -0.25) is 29.9 Å². The van der Waals surface area contributed by atoms with Crippen LogP contribution in [0.5, 0.6) is 5.75 Å². The van der Waals surface area contributed by atoms with E-state index in [2.05, 4.69) is 15.5 Å². The lowest BCUT2D eigenvalue weighted by atomic mass is 10.0. The van der Waals surface area contributed by atoms with Gasteiger partial charge in [0.05, 0.1) is 10.6 Å².